The zero-order valence-corrected chi connectivity index (χ0v) is 15.3. The summed E-state index contributed by atoms with van der Waals surface area (Å²) < 4.78 is 11.4. The highest BCUT2D eigenvalue weighted by atomic mass is 79.9. The van der Waals surface area contributed by atoms with Crippen molar-refractivity contribution in [1.29, 1.82) is 0 Å². The van der Waals surface area contributed by atoms with Crippen LogP contribution in [-0.4, -0.2) is 11.0 Å². The lowest BCUT2D eigenvalue weighted by atomic mass is 10.3. The van der Waals surface area contributed by atoms with Crippen LogP contribution >= 0.6 is 28.1 Å². The largest absolute Gasteiger partial charge is 0.457 e. The maximum atomic E-state index is 11.9. The normalized spacial score (nSPS) is 10.1. The van der Waals surface area contributed by atoms with Crippen LogP contribution in [-0.2, 0) is 0 Å². The molecular formula is C18H13BrN2O3S. The van der Waals surface area contributed by atoms with Gasteiger partial charge in [-0.15, -0.1) is 0 Å². The Morgan fingerprint density at radius 3 is 2.28 bits per heavy atom. The monoisotopic (exact) mass is 416 g/mol. The molecule has 3 rings (SSSR count). The van der Waals surface area contributed by atoms with Crippen LogP contribution in [0.4, 0.5) is 5.69 Å². The molecule has 7 heteroatoms. The summed E-state index contributed by atoms with van der Waals surface area (Å²) in [4.78, 5) is 11.9. The summed E-state index contributed by atoms with van der Waals surface area (Å²) in [7, 11) is 0. The van der Waals surface area contributed by atoms with Gasteiger partial charge < -0.3 is 14.5 Å². The fraction of sp³-hybridized carbons (Fsp3) is 0. The molecule has 0 unspecified atom stereocenters. The van der Waals surface area contributed by atoms with Gasteiger partial charge in [0.1, 0.15) is 11.5 Å². The number of nitrogens with one attached hydrogen (secondary N) is 2. The molecule has 1 amide bonds. The molecule has 2 aromatic carbocycles. The number of ether oxygens (including phenoxy) is 1. The molecule has 0 aliphatic carbocycles. The van der Waals surface area contributed by atoms with Crippen LogP contribution < -0.4 is 15.4 Å². The van der Waals surface area contributed by atoms with Gasteiger partial charge in [0.15, 0.2) is 15.5 Å². The Balaban J connectivity index is 1.55. The summed E-state index contributed by atoms with van der Waals surface area (Å²) in [5.74, 6) is 1.21. The van der Waals surface area contributed by atoms with Crippen LogP contribution in [0, 0.1) is 0 Å². The molecule has 0 atom stereocenters. The Bertz CT molecular complexity index is 879. The van der Waals surface area contributed by atoms with Crippen molar-refractivity contribution in [1.82, 2.24) is 5.32 Å². The molecule has 0 aliphatic rings. The number of benzene rings is 2. The average Bonchev–Trinajstić information content (AvgIpc) is 3.04. The number of para-hydroxylation sites is 1. The van der Waals surface area contributed by atoms with Crippen LogP contribution in [0.15, 0.2) is 75.8 Å². The topological polar surface area (TPSA) is 63.5 Å². The fourth-order valence-electron chi connectivity index (χ4n) is 1.99. The second-order valence-electron chi connectivity index (χ2n) is 4.95. The smallest absolute Gasteiger partial charge is 0.293 e. The first kappa shape index (κ1) is 17.2. The zero-order valence-electron chi connectivity index (χ0n) is 12.9. The lowest BCUT2D eigenvalue weighted by Crippen LogP contribution is -2.33. The van der Waals surface area contributed by atoms with Gasteiger partial charge in [-0.1, -0.05) is 18.2 Å². The molecule has 1 aromatic heterocycles. The maximum Gasteiger partial charge on any atom is 0.293 e. The lowest BCUT2D eigenvalue weighted by molar-refractivity contribution is 0.0949. The van der Waals surface area contributed by atoms with Crippen molar-refractivity contribution >= 4 is 44.9 Å². The lowest BCUT2D eigenvalue weighted by Gasteiger charge is -2.10. The predicted molar refractivity (Wildman–Crippen MR) is 103 cm³/mol. The second kappa shape index (κ2) is 7.96. The van der Waals surface area contributed by atoms with Crippen LogP contribution in [0.5, 0.6) is 11.5 Å². The van der Waals surface area contributed by atoms with Gasteiger partial charge in [0.25, 0.3) is 5.91 Å². The number of halogens is 1. The summed E-state index contributed by atoms with van der Waals surface area (Å²) in [5, 5.41) is 5.65. The van der Waals surface area contributed by atoms with E-state index in [0.29, 0.717) is 10.4 Å². The summed E-state index contributed by atoms with van der Waals surface area (Å²) >= 11 is 8.27. The quantitative estimate of drug-likeness (QED) is 0.588. The minimum atomic E-state index is -0.424. The van der Waals surface area contributed by atoms with Crippen molar-refractivity contribution in [3.05, 3.63) is 77.2 Å². The number of hydrogen-bond donors (Lipinski definition) is 2. The van der Waals surface area contributed by atoms with Gasteiger partial charge in [-0.3, -0.25) is 10.1 Å². The van der Waals surface area contributed by atoms with E-state index < -0.39 is 5.91 Å². The van der Waals surface area contributed by atoms with Crippen molar-refractivity contribution < 1.29 is 13.9 Å². The van der Waals surface area contributed by atoms with Crippen LogP contribution in [0.3, 0.4) is 0 Å². The van der Waals surface area contributed by atoms with Crippen molar-refractivity contribution in [2.24, 2.45) is 0 Å². The Morgan fingerprint density at radius 1 is 0.960 bits per heavy atom. The highest BCUT2D eigenvalue weighted by molar-refractivity contribution is 9.10. The molecule has 1 heterocycles. The molecule has 5 nitrogen and oxygen atoms in total. The molecule has 0 saturated carbocycles. The molecule has 0 spiro atoms. The van der Waals surface area contributed by atoms with Crippen molar-refractivity contribution in [3.63, 3.8) is 0 Å². The van der Waals surface area contributed by atoms with Gasteiger partial charge in [0.05, 0.1) is 0 Å². The Labute approximate surface area is 158 Å². The molecule has 0 aliphatic heterocycles. The molecule has 0 bridgehead atoms. The van der Waals surface area contributed by atoms with E-state index in [0.717, 1.165) is 11.4 Å². The zero-order chi connectivity index (χ0) is 17.6. The van der Waals surface area contributed by atoms with Gasteiger partial charge in [0, 0.05) is 5.69 Å². The van der Waals surface area contributed by atoms with Gasteiger partial charge in [-0.05, 0) is 76.7 Å². The SMILES string of the molecule is O=C(NC(=S)Nc1ccc(Oc2ccccc2)cc1)c1ccc(Br)o1. The van der Waals surface area contributed by atoms with E-state index in [-0.39, 0.29) is 10.9 Å². The number of rotatable bonds is 4. The van der Waals surface area contributed by atoms with Gasteiger partial charge >= 0.3 is 0 Å². The summed E-state index contributed by atoms with van der Waals surface area (Å²) in [6.45, 7) is 0. The third-order valence-electron chi connectivity index (χ3n) is 3.12. The van der Waals surface area contributed by atoms with Crippen LogP contribution in [0.25, 0.3) is 0 Å². The van der Waals surface area contributed by atoms with Gasteiger partial charge in [0.2, 0.25) is 0 Å². The van der Waals surface area contributed by atoms with E-state index in [9.17, 15) is 4.79 Å². The Hall–Kier alpha value is -2.64. The van der Waals surface area contributed by atoms with E-state index in [2.05, 4.69) is 26.6 Å². The highest BCUT2D eigenvalue weighted by Crippen LogP contribution is 2.22. The van der Waals surface area contributed by atoms with Crippen molar-refractivity contribution in [2.45, 2.75) is 0 Å². The van der Waals surface area contributed by atoms with Crippen LogP contribution in [0.2, 0.25) is 0 Å². The molecule has 25 heavy (non-hydrogen) atoms. The molecule has 0 fully saturated rings. The average molecular weight is 417 g/mol. The van der Waals surface area contributed by atoms with E-state index in [4.69, 9.17) is 21.4 Å². The summed E-state index contributed by atoms with van der Waals surface area (Å²) in [6, 6.07) is 19.9. The predicted octanol–water partition coefficient (Wildman–Crippen LogP) is 4.96. The number of furan rings is 1. The first-order valence-electron chi connectivity index (χ1n) is 7.31. The molecule has 2 N–H and O–H groups in total. The van der Waals surface area contributed by atoms with Gasteiger partial charge in [-0.2, -0.15) is 0 Å². The highest BCUT2D eigenvalue weighted by Gasteiger charge is 2.12. The number of hydrogen-bond acceptors (Lipinski definition) is 4. The minimum absolute atomic E-state index is 0.169. The van der Waals surface area contributed by atoms with Crippen molar-refractivity contribution in [2.75, 3.05) is 5.32 Å². The first-order valence-corrected chi connectivity index (χ1v) is 8.51. The van der Waals surface area contributed by atoms with Crippen molar-refractivity contribution in [3.8, 4) is 11.5 Å². The van der Waals surface area contributed by atoms with E-state index in [1.165, 1.54) is 0 Å². The minimum Gasteiger partial charge on any atom is -0.457 e. The number of thiocarbonyl (C=S) groups is 1. The van der Waals surface area contributed by atoms with E-state index in [1.807, 2.05) is 42.5 Å². The molecule has 0 radical (unpaired) electrons. The second-order valence-corrected chi connectivity index (χ2v) is 6.14. The number of carbonyl (C=O) groups excluding carboxylic acids is 1. The summed E-state index contributed by atoms with van der Waals surface area (Å²) in [6.07, 6.45) is 0. The molecule has 0 saturated heterocycles. The van der Waals surface area contributed by atoms with E-state index >= 15 is 0 Å². The fourth-order valence-corrected chi connectivity index (χ4v) is 2.51. The number of amides is 1. The van der Waals surface area contributed by atoms with Gasteiger partial charge in [-0.25, -0.2) is 0 Å². The number of anilines is 1. The van der Waals surface area contributed by atoms with E-state index in [1.54, 1.807) is 24.3 Å². The Kier molecular flexibility index (Phi) is 5.47. The standard InChI is InChI=1S/C18H13BrN2O3S/c19-16-11-10-15(24-16)17(22)21-18(25)20-12-6-8-14(9-7-12)23-13-4-2-1-3-5-13/h1-11H,(H2,20,21,22,25). The first-order chi connectivity index (χ1) is 12.1. The third kappa shape index (κ3) is 4.91. The molecule has 126 valence electrons. The third-order valence-corrected chi connectivity index (χ3v) is 3.75. The molecule has 3 aromatic rings. The number of carbonyl (C=O) groups is 1. The summed E-state index contributed by atoms with van der Waals surface area (Å²) in [5.41, 5.74) is 0.728. The Morgan fingerprint density at radius 2 is 1.64 bits per heavy atom. The molecular weight excluding hydrogens is 404 g/mol. The van der Waals surface area contributed by atoms with Crippen LogP contribution in [0.1, 0.15) is 10.6 Å². The maximum absolute atomic E-state index is 11.9.